The van der Waals surface area contributed by atoms with Crippen molar-refractivity contribution in [2.24, 2.45) is 0 Å². The van der Waals surface area contributed by atoms with Crippen molar-refractivity contribution in [3.63, 3.8) is 0 Å². The van der Waals surface area contributed by atoms with Crippen LogP contribution in [0.15, 0.2) is 48.5 Å². The van der Waals surface area contributed by atoms with E-state index in [0.717, 1.165) is 11.1 Å². The van der Waals surface area contributed by atoms with Gasteiger partial charge in [0.15, 0.2) is 5.78 Å². The number of Topliss-reactive ketones (excluding diaryl/α,β-unsaturated/α-hetero) is 1. The van der Waals surface area contributed by atoms with E-state index in [2.05, 4.69) is 0 Å². The van der Waals surface area contributed by atoms with Gasteiger partial charge in [0.25, 0.3) is 0 Å². The van der Waals surface area contributed by atoms with E-state index < -0.39 is 5.92 Å². The first kappa shape index (κ1) is 14.9. The van der Waals surface area contributed by atoms with Crippen LogP contribution in [0.5, 0.6) is 0 Å². The van der Waals surface area contributed by atoms with Crippen molar-refractivity contribution in [1.82, 2.24) is 0 Å². The van der Waals surface area contributed by atoms with Crippen LogP contribution in [0, 0.1) is 24.1 Å². The van der Waals surface area contributed by atoms with E-state index in [1.54, 1.807) is 0 Å². The van der Waals surface area contributed by atoms with Crippen molar-refractivity contribution in [3.05, 3.63) is 71.0 Å². The fourth-order valence-corrected chi connectivity index (χ4v) is 2.27. The molecule has 2 aromatic rings. The van der Waals surface area contributed by atoms with Crippen LogP contribution in [0.4, 0.5) is 4.39 Å². The Labute approximate surface area is 123 Å². The maximum absolute atomic E-state index is 12.9. The number of nitrogens with zero attached hydrogens (tertiary/aromatic N) is 1. The van der Waals surface area contributed by atoms with Crippen molar-refractivity contribution in [1.29, 1.82) is 5.26 Å². The summed E-state index contributed by atoms with van der Waals surface area (Å²) in [5.41, 5.74) is 2.78. The lowest BCUT2D eigenvalue weighted by Gasteiger charge is -2.09. The van der Waals surface area contributed by atoms with Gasteiger partial charge in [0.1, 0.15) is 11.7 Å². The summed E-state index contributed by atoms with van der Waals surface area (Å²) in [5.74, 6) is -1.33. The van der Waals surface area contributed by atoms with E-state index in [1.165, 1.54) is 24.3 Å². The lowest BCUT2D eigenvalue weighted by Crippen LogP contribution is -2.11. The third-order valence-corrected chi connectivity index (χ3v) is 3.40. The lowest BCUT2D eigenvalue weighted by molar-refractivity contribution is -0.119. The largest absolute Gasteiger partial charge is 0.298 e. The molecule has 0 radical (unpaired) electrons. The molecule has 106 valence electrons. The molecule has 1 atom stereocenters. The Balaban J connectivity index is 2.04. The Hall–Kier alpha value is -2.47. The maximum atomic E-state index is 12.9. The van der Waals surface area contributed by atoms with Crippen LogP contribution < -0.4 is 0 Å². The zero-order valence-electron chi connectivity index (χ0n) is 11.8. The molecule has 2 rings (SSSR count). The van der Waals surface area contributed by atoms with Gasteiger partial charge < -0.3 is 0 Å². The summed E-state index contributed by atoms with van der Waals surface area (Å²) in [5, 5.41) is 9.20. The van der Waals surface area contributed by atoms with E-state index in [1.807, 2.05) is 37.3 Å². The molecule has 0 N–H and O–H groups in total. The summed E-state index contributed by atoms with van der Waals surface area (Å²) in [6.07, 6.45) is 0.916. The third-order valence-electron chi connectivity index (χ3n) is 3.40. The molecule has 0 saturated carbocycles. The van der Waals surface area contributed by atoms with Crippen LogP contribution >= 0.6 is 0 Å². The normalized spacial score (nSPS) is 11.7. The number of benzene rings is 2. The molecule has 3 heteroatoms. The van der Waals surface area contributed by atoms with Crippen molar-refractivity contribution >= 4 is 5.78 Å². The standard InChI is InChI=1S/C18H16FNO/c1-13-3-2-4-14(11-13)5-10-18(21)17(12-20)15-6-8-16(19)9-7-15/h2-4,6-9,11,17H,5,10H2,1H3. The first-order chi connectivity index (χ1) is 10.1. The lowest BCUT2D eigenvalue weighted by atomic mass is 9.92. The highest BCUT2D eigenvalue weighted by atomic mass is 19.1. The van der Waals surface area contributed by atoms with E-state index in [9.17, 15) is 14.4 Å². The summed E-state index contributed by atoms with van der Waals surface area (Å²) >= 11 is 0. The molecule has 0 heterocycles. The zero-order valence-corrected chi connectivity index (χ0v) is 11.8. The first-order valence-electron chi connectivity index (χ1n) is 6.83. The molecule has 2 nitrogen and oxygen atoms in total. The minimum Gasteiger partial charge on any atom is -0.298 e. The first-order valence-corrected chi connectivity index (χ1v) is 6.83. The van der Waals surface area contributed by atoms with Crippen molar-refractivity contribution in [2.75, 3.05) is 0 Å². The molecule has 0 fully saturated rings. The van der Waals surface area contributed by atoms with Crippen LogP contribution in [0.2, 0.25) is 0 Å². The molecule has 0 aliphatic rings. The molecule has 0 aromatic heterocycles. The number of rotatable bonds is 5. The van der Waals surface area contributed by atoms with E-state index >= 15 is 0 Å². The molecule has 0 saturated heterocycles. The fraction of sp³-hybridized carbons (Fsp3) is 0.222. The van der Waals surface area contributed by atoms with Gasteiger partial charge in [0.05, 0.1) is 6.07 Å². The minimum absolute atomic E-state index is 0.134. The number of carbonyl (C=O) groups is 1. The van der Waals surface area contributed by atoms with Gasteiger partial charge in [-0.3, -0.25) is 4.79 Å². The van der Waals surface area contributed by atoms with Crippen LogP contribution in [-0.2, 0) is 11.2 Å². The summed E-state index contributed by atoms with van der Waals surface area (Å²) in [4.78, 5) is 12.2. The molecule has 0 aliphatic heterocycles. The molecular weight excluding hydrogens is 265 g/mol. The van der Waals surface area contributed by atoms with Gasteiger partial charge in [-0.1, -0.05) is 42.0 Å². The minimum atomic E-state index is -0.824. The average Bonchev–Trinajstić information content (AvgIpc) is 2.48. The highest BCUT2D eigenvalue weighted by molar-refractivity contribution is 5.88. The van der Waals surface area contributed by atoms with Crippen LogP contribution in [-0.4, -0.2) is 5.78 Å². The van der Waals surface area contributed by atoms with Crippen LogP contribution in [0.1, 0.15) is 29.0 Å². The highest BCUT2D eigenvalue weighted by Crippen LogP contribution is 2.19. The number of hydrogen-bond acceptors (Lipinski definition) is 2. The van der Waals surface area contributed by atoms with Gasteiger partial charge in [-0.25, -0.2) is 4.39 Å². The Morgan fingerprint density at radius 3 is 2.57 bits per heavy atom. The van der Waals surface area contributed by atoms with Crippen molar-refractivity contribution in [2.45, 2.75) is 25.7 Å². The van der Waals surface area contributed by atoms with Crippen molar-refractivity contribution < 1.29 is 9.18 Å². The Morgan fingerprint density at radius 1 is 1.24 bits per heavy atom. The zero-order chi connectivity index (χ0) is 15.2. The fourth-order valence-electron chi connectivity index (χ4n) is 2.27. The van der Waals surface area contributed by atoms with E-state index in [4.69, 9.17) is 0 Å². The Kier molecular flexibility index (Phi) is 4.84. The molecular formula is C18H16FNO. The molecule has 2 aromatic carbocycles. The highest BCUT2D eigenvalue weighted by Gasteiger charge is 2.19. The van der Waals surface area contributed by atoms with Crippen LogP contribution in [0.25, 0.3) is 0 Å². The smallest absolute Gasteiger partial charge is 0.154 e. The number of nitriles is 1. The van der Waals surface area contributed by atoms with Gasteiger partial charge >= 0.3 is 0 Å². The topological polar surface area (TPSA) is 40.9 Å². The number of aryl methyl sites for hydroxylation is 2. The summed E-state index contributed by atoms with van der Waals surface area (Å²) in [6.45, 7) is 2.00. The number of halogens is 1. The van der Waals surface area contributed by atoms with Gasteiger partial charge in [-0.15, -0.1) is 0 Å². The van der Waals surface area contributed by atoms with E-state index in [-0.39, 0.29) is 11.6 Å². The second kappa shape index (κ2) is 6.81. The van der Waals surface area contributed by atoms with Gasteiger partial charge in [0, 0.05) is 6.42 Å². The molecule has 0 spiro atoms. The second-order valence-electron chi connectivity index (χ2n) is 5.07. The number of ketones is 1. The monoisotopic (exact) mass is 281 g/mol. The summed E-state index contributed by atoms with van der Waals surface area (Å²) in [7, 11) is 0. The number of hydrogen-bond donors (Lipinski definition) is 0. The van der Waals surface area contributed by atoms with Gasteiger partial charge in [0.2, 0.25) is 0 Å². The Morgan fingerprint density at radius 2 is 1.95 bits per heavy atom. The SMILES string of the molecule is Cc1cccc(CCC(=O)C(C#N)c2ccc(F)cc2)c1. The van der Waals surface area contributed by atoms with Crippen molar-refractivity contribution in [3.8, 4) is 6.07 Å². The van der Waals surface area contributed by atoms with Crippen LogP contribution in [0.3, 0.4) is 0 Å². The van der Waals surface area contributed by atoms with E-state index in [0.29, 0.717) is 18.4 Å². The van der Waals surface area contributed by atoms with Gasteiger partial charge in [-0.2, -0.15) is 5.26 Å². The summed E-state index contributed by atoms with van der Waals surface area (Å²) < 4.78 is 12.9. The maximum Gasteiger partial charge on any atom is 0.154 e. The third kappa shape index (κ3) is 4.00. The average molecular weight is 281 g/mol. The molecule has 0 amide bonds. The predicted octanol–water partition coefficient (Wildman–Crippen LogP) is 3.94. The molecule has 1 unspecified atom stereocenters. The summed E-state index contributed by atoms with van der Waals surface area (Å²) in [6, 6.07) is 15.5. The van der Waals surface area contributed by atoms with Gasteiger partial charge in [-0.05, 0) is 36.6 Å². The predicted molar refractivity (Wildman–Crippen MR) is 79.3 cm³/mol. The molecule has 21 heavy (non-hydrogen) atoms. The second-order valence-corrected chi connectivity index (χ2v) is 5.07. The Bertz CT molecular complexity index is 670. The molecule has 0 aliphatic carbocycles. The quantitative estimate of drug-likeness (QED) is 0.832. The molecule has 0 bridgehead atoms. The number of carbonyl (C=O) groups excluding carboxylic acids is 1.